The number of carbonyl (C=O) groups is 2. The highest BCUT2D eigenvalue weighted by atomic mass is 16.5. The van der Waals surface area contributed by atoms with E-state index in [-0.39, 0.29) is 0 Å². The Morgan fingerprint density at radius 1 is 0.962 bits per heavy atom. The van der Waals surface area contributed by atoms with E-state index in [0.717, 1.165) is 18.4 Å². The maximum atomic E-state index is 12.5. The Morgan fingerprint density at radius 3 is 2.27 bits per heavy atom. The second-order valence-electron chi connectivity index (χ2n) is 6.07. The van der Waals surface area contributed by atoms with E-state index < -0.39 is 24.0 Å². The summed E-state index contributed by atoms with van der Waals surface area (Å²) >= 11 is 0. The number of esters is 1. The van der Waals surface area contributed by atoms with Gasteiger partial charge in [0.2, 0.25) is 5.91 Å². The third kappa shape index (κ3) is 5.15. The molecule has 0 bridgehead atoms. The number of amides is 1. The molecular formula is C20H25N3O3. The van der Waals surface area contributed by atoms with Crippen molar-refractivity contribution in [1.82, 2.24) is 0 Å². The third-order valence-electron chi connectivity index (χ3n) is 4.12. The van der Waals surface area contributed by atoms with Crippen molar-refractivity contribution in [3.05, 3.63) is 71.3 Å². The van der Waals surface area contributed by atoms with Gasteiger partial charge >= 0.3 is 5.97 Å². The molecule has 0 heterocycles. The topological polar surface area (TPSA) is 121 Å². The van der Waals surface area contributed by atoms with Crippen LogP contribution in [0.2, 0.25) is 0 Å². The Kier molecular flexibility index (Phi) is 7.32. The molecular weight excluding hydrogens is 330 g/mol. The van der Waals surface area contributed by atoms with Crippen LogP contribution in [0.25, 0.3) is 0 Å². The molecule has 6 heteroatoms. The van der Waals surface area contributed by atoms with E-state index in [9.17, 15) is 9.59 Å². The van der Waals surface area contributed by atoms with Crippen molar-refractivity contribution in [2.45, 2.75) is 31.4 Å². The highest BCUT2D eigenvalue weighted by Crippen LogP contribution is 2.29. The second-order valence-corrected chi connectivity index (χ2v) is 6.07. The molecule has 2 aromatic rings. The van der Waals surface area contributed by atoms with Crippen molar-refractivity contribution in [2.24, 2.45) is 17.2 Å². The summed E-state index contributed by atoms with van der Waals surface area (Å²) in [7, 11) is 0. The van der Waals surface area contributed by atoms with Gasteiger partial charge in [0.15, 0.2) is 6.10 Å². The minimum absolute atomic E-state index is 0.311. The lowest BCUT2D eigenvalue weighted by atomic mass is 9.96. The van der Waals surface area contributed by atoms with E-state index in [1.54, 1.807) is 24.3 Å². The van der Waals surface area contributed by atoms with Crippen LogP contribution >= 0.6 is 0 Å². The molecule has 2 aromatic carbocycles. The fraction of sp³-hybridized carbons (Fsp3) is 0.300. The molecule has 1 amide bonds. The molecule has 0 aliphatic rings. The minimum Gasteiger partial charge on any atom is -0.451 e. The molecule has 0 spiro atoms. The van der Waals surface area contributed by atoms with Crippen molar-refractivity contribution >= 4 is 11.9 Å². The standard InChI is InChI=1S/C20H25N3O3/c21-13-7-6-12-17(22)20(25)26-18(14-8-2-1-3-9-14)15-10-4-5-11-16(15)19(23)24/h1-5,8-11,17-18H,6-7,12-13,21-22H2,(H2,23,24)/t17-,18?/m0/s1. The Hall–Kier alpha value is -2.70. The molecule has 2 atom stereocenters. The van der Waals surface area contributed by atoms with Crippen LogP contribution in [0.5, 0.6) is 0 Å². The number of rotatable bonds is 9. The van der Waals surface area contributed by atoms with Crippen molar-refractivity contribution in [2.75, 3.05) is 6.54 Å². The molecule has 0 aliphatic heterocycles. The first-order valence-electron chi connectivity index (χ1n) is 8.64. The van der Waals surface area contributed by atoms with Crippen LogP contribution in [0.3, 0.4) is 0 Å². The van der Waals surface area contributed by atoms with Gasteiger partial charge in [0.1, 0.15) is 6.04 Å². The third-order valence-corrected chi connectivity index (χ3v) is 4.12. The maximum absolute atomic E-state index is 12.5. The SMILES string of the molecule is NCCCC[C@H](N)C(=O)OC(c1ccccc1)c1ccccc1C(N)=O. The zero-order chi connectivity index (χ0) is 18.9. The molecule has 0 aliphatic carbocycles. The number of carbonyl (C=O) groups excluding carboxylic acids is 2. The largest absolute Gasteiger partial charge is 0.451 e. The molecule has 6 N–H and O–H groups in total. The average Bonchev–Trinajstić information content (AvgIpc) is 2.66. The quantitative estimate of drug-likeness (QED) is 0.468. The second kappa shape index (κ2) is 9.70. The summed E-state index contributed by atoms with van der Waals surface area (Å²) in [6.07, 6.45) is 1.29. The van der Waals surface area contributed by atoms with Crippen LogP contribution < -0.4 is 17.2 Å². The first kappa shape index (κ1) is 19.6. The zero-order valence-electron chi connectivity index (χ0n) is 14.6. The van der Waals surface area contributed by atoms with Gasteiger partial charge in [-0.05, 0) is 31.0 Å². The normalized spacial score (nSPS) is 13.0. The van der Waals surface area contributed by atoms with Crippen LogP contribution in [-0.4, -0.2) is 24.5 Å². The van der Waals surface area contributed by atoms with E-state index in [1.807, 2.05) is 30.3 Å². The molecule has 0 fully saturated rings. The van der Waals surface area contributed by atoms with Crippen LogP contribution in [0.4, 0.5) is 0 Å². The summed E-state index contributed by atoms with van der Waals surface area (Å²) in [5.41, 5.74) is 18.5. The summed E-state index contributed by atoms with van der Waals surface area (Å²) < 4.78 is 5.70. The van der Waals surface area contributed by atoms with Gasteiger partial charge in [-0.1, -0.05) is 55.0 Å². The van der Waals surface area contributed by atoms with E-state index in [1.165, 1.54) is 0 Å². The smallest absolute Gasteiger partial charge is 0.323 e. The predicted octanol–water partition coefficient (Wildman–Crippen LogP) is 1.87. The molecule has 0 radical (unpaired) electrons. The average molecular weight is 355 g/mol. The fourth-order valence-corrected chi connectivity index (χ4v) is 2.72. The van der Waals surface area contributed by atoms with Crippen molar-refractivity contribution in [3.8, 4) is 0 Å². The molecule has 26 heavy (non-hydrogen) atoms. The number of hydrogen-bond donors (Lipinski definition) is 3. The van der Waals surface area contributed by atoms with Gasteiger partial charge in [-0.25, -0.2) is 0 Å². The Bertz CT molecular complexity index is 734. The molecule has 0 saturated carbocycles. The molecule has 2 rings (SSSR count). The summed E-state index contributed by atoms with van der Waals surface area (Å²) in [5, 5.41) is 0. The fourth-order valence-electron chi connectivity index (χ4n) is 2.72. The molecule has 0 aromatic heterocycles. The van der Waals surface area contributed by atoms with Gasteiger partial charge in [0.25, 0.3) is 0 Å². The lowest BCUT2D eigenvalue weighted by molar-refractivity contribution is -0.149. The Morgan fingerprint density at radius 2 is 1.62 bits per heavy atom. The van der Waals surface area contributed by atoms with Crippen molar-refractivity contribution < 1.29 is 14.3 Å². The monoisotopic (exact) mass is 355 g/mol. The van der Waals surface area contributed by atoms with E-state index >= 15 is 0 Å². The van der Waals surface area contributed by atoms with E-state index in [4.69, 9.17) is 21.9 Å². The molecule has 138 valence electrons. The van der Waals surface area contributed by atoms with Gasteiger partial charge in [0, 0.05) is 11.1 Å². The number of hydrogen-bond acceptors (Lipinski definition) is 5. The Balaban J connectivity index is 2.29. The maximum Gasteiger partial charge on any atom is 0.323 e. The lowest BCUT2D eigenvalue weighted by Crippen LogP contribution is -2.34. The molecule has 0 saturated heterocycles. The highest BCUT2D eigenvalue weighted by molar-refractivity contribution is 5.94. The summed E-state index contributed by atoms with van der Waals surface area (Å²) in [4.78, 5) is 24.3. The Labute approximate surface area is 153 Å². The summed E-state index contributed by atoms with van der Waals surface area (Å²) in [6.45, 7) is 0.556. The van der Waals surface area contributed by atoms with E-state index in [2.05, 4.69) is 0 Å². The highest BCUT2D eigenvalue weighted by Gasteiger charge is 2.25. The van der Waals surface area contributed by atoms with Crippen LogP contribution in [-0.2, 0) is 9.53 Å². The van der Waals surface area contributed by atoms with Crippen molar-refractivity contribution in [1.29, 1.82) is 0 Å². The number of ether oxygens (including phenoxy) is 1. The summed E-state index contributed by atoms with van der Waals surface area (Å²) in [6, 6.07) is 15.3. The van der Waals surface area contributed by atoms with Gasteiger partial charge in [0.05, 0.1) is 0 Å². The predicted molar refractivity (Wildman–Crippen MR) is 100 cm³/mol. The minimum atomic E-state index is -0.757. The van der Waals surface area contributed by atoms with Gasteiger partial charge < -0.3 is 21.9 Å². The number of benzene rings is 2. The summed E-state index contributed by atoms with van der Waals surface area (Å²) in [5.74, 6) is -1.10. The zero-order valence-corrected chi connectivity index (χ0v) is 14.6. The lowest BCUT2D eigenvalue weighted by Gasteiger charge is -2.22. The molecule has 6 nitrogen and oxygen atoms in total. The van der Waals surface area contributed by atoms with Crippen LogP contribution in [0.1, 0.15) is 46.9 Å². The number of nitrogens with two attached hydrogens (primary N) is 3. The van der Waals surface area contributed by atoms with E-state index in [0.29, 0.717) is 24.1 Å². The van der Waals surface area contributed by atoms with Crippen molar-refractivity contribution in [3.63, 3.8) is 0 Å². The van der Waals surface area contributed by atoms with Crippen LogP contribution in [0.15, 0.2) is 54.6 Å². The molecule has 1 unspecified atom stereocenters. The number of primary amides is 1. The first-order chi connectivity index (χ1) is 12.5. The van der Waals surface area contributed by atoms with Gasteiger partial charge in [-0.2, -0.15) is 0 Å². The number of unbranched alkanes of at least 4 members (excludes halogenated alkanes) is 1. The first-order valence-corrected chi connectivity index (χ1v) is 8.64. The van der Waals surface area contributed by atoms with Gasteiger partial charge in [-0.3, -0.25) is 9.59 Å². The van der Waals surface area contributed by atoms with Crippen LogP contribution in [0, 0.1) is 0 Å². The van der Waals surface area contributed by atoms with Gasteiger partial charge in [-0.15, -0.1) is 0 Å².